The van der Waals surface area contributed by atoms with E-state index < -0.39 is 0 Å². The second kappa shape index (κ2) is 9.93. The summed E-state index contributed by atoms with van der Waals surface area (Å²) in [5.74, 6) is 1.02. The molecule has 1 amide bonds. The molecule has 2 rings (SSSR count). The monoisotopic (exact) mass is 332 g/mol. The van der Waals surface area contributed by atoms with Gasteiger partial charge >= 0.3 is 0 Å². The Bertz CT molecular complexity index is 560. The topological polar surface area (TPSA) is 66.0 Å². The number of carbonyl (C=O) groups is 1. The Hall–Kier alpha value is -2.08. The van der Waals surface area contributed by atoms with Gasteiger partial charge in [-0.05, 0) is 24.5 Å². The number of ether oxygens (including phenoxy) is 1. The molecule has 24 heavy (non-hydrogen) atoms. The van der Waals surface area contributed by atoms with E-state index in [1.807, 2.05) is 17.9 Å². The zero-order chi connectivity index (χ0) is 17.2. The number of hydrogen-bond donors (Lipinski definition) is 2. The van der Waals surface area contributed by atoms with E-state index in [-0.39, 0.29) is 5.91 Å². The van der Waals surface area contributed by atoms with Gasteiger partial charge in [-0.2, -0.15) is 0 Å². The number of nitrogens with one attached hydrogen (secondary N) is 2. The van der Waals surface area contributed by atoms with Gasteiger partial charge in [0.2, 0.25) is 5.91 Å². The van der Waals surface area contributed by atoms with Crippen LogP contribution in [0.15, 0.2) is 29.3 Å². The number of carbonyl (C=O) groups excluding carboxylic acids is 1. The van der Waals surface area contributed by atoms with Crippen LogP contribution in [0, 0.1) is 0 Å². The van der Waals surface area contributed by atoms with Crippen LogP contribution >= 0.6 is 0 Å². The molecule has 0 saturated carbocycles. The molecule has 0 bridgehead atoms. The predicted molar refractivity (Wildman–Crippen MR) is 95.8 cm³/mol. The second-order valence-corrected chi connectivity index (χ2v) is 5.79. The molecule has 1 aliphatic heterocycles. The fourth-order valence-electron chi connectivity index (χ4n) is 2.72. The summed E-state index contributed by atoms with van der Waals surface area (Å²) in [4.78, 5) is 17.9. The van der Waals surface area contributed by atoms with E-state index in [9.17, 15) is 4.79 Å². The zero-order valence-electron chi connectivity index (χ0n) is 14.7. The van der Waals surface area contributed by atoms with Gasteiger partial charge in [0.15, 0.2) is 5.96 Å². The van der Waals surface area contributed by atoms with Crippen LogP contribution < -0.4 is 10.6 Å². The SMILES string of the molecule is CCOCCNC(=NC)NCc1cccc(CN2CCCC2=O)c1. The van der Waals surface area contributed by atoms with Gasteiger partial charge in [-0.3, -0.25) is 9.79 Å². The Balaban J connectivity index is 1.81. The van der Waals surface area contributed by atoms with E-state index >= 15 is 0 Å². The quantitative estimate of drug-likeness (QED) is 0.430. The standard InChI is InChI=1S/C18H28N4O2/c1-3-24-11-9-20-18(19-2)21-13-15-6-4-7-16(12-15)14-22-10-5-8-17(22)23/h4,6-7,12H,3,5,8-11,13-14H2,1-2H3,(H2,19,20,21). The first-order chi connectivity index (χ1) is 11.7. The Labute approximate surface area is 144 Å². The molecule has 132 valence electrons. The molecule has 0 aliphatic carbocycles. The van der Waals surface area contributed by atoms with Crippen molar-refractivity contribution in [3.05, 3.63) is 35.4 Å². The number of likely N-dealkylation sites (tertiary alicyclic amines) is 1. The molecule has 6 heteroatoms. The highest BCUT2D eigenvalue weighted by Crippen LogP contribution is 2.15. The lowest BCUT2D eigenvalue weighted by Gasteiger charge is -2.16. The first-order valence-electron chi connectivity index (χ1n) is 8.60. The Morgan fingerprint density at radius 3 is 2.88 bits per heavy atom. The third kappa shape index (κ3) is 5.85. The van der Waals surface area contributed by atoms with Gasteiger partial charge in [0, 0.05) is 46.3 Å². The highest BCUT2D eigenvalue weighted by Gasteiger charge is 2.19. The molecule has 1 fully saturated rings. The third-order valence-electron chi connectivity index (χ3n) is 3.96. The van der Waals surface area contributed by atoms with Crippen LogP contribution in [-0.4, -0.2) is 50.1 Å². The summed E-state index contributed by atoms with van der Waals surface area (Å²) in [5.41, 5.74) is 2.34. The molecule has 1 aromatic carbocycles. The van der Waals surface area contributed by atoms with Crippen molar-refractivity contribution in [3.63, 3.8) is 0 Å². The van der Waals surface area contributed by atoms with Gasteiger partial charge in [-0.1, -0.05) is 24.3 Å². The van der Waals surface area contributed by atoms with E-state index in [0.29, 0.717) is 26.1 Å². The smallest absolute Gasteiger partial charge is 0.222 e. The first-order valence-corrected chi connectivity index (χ1v) is 8.60. The lowest BCUT2D eigenvalue weighted by atomic mass is 10.1. The van der Waals surface area contributed by atoms with Crippen LogP contribution in [-0.2, 0) is 22.6 Å². The highest BCUT2D eigenvalue weighted by molar-refractivity contribution is 5.79. The van der Waals surface area contributed by atoms with Gasteiger partial charge in [0.05, 0.1) is 6.61 Å². The zero-order valence-corrected chi connectivity index (χ0v) is 14.7. The number of benzene rings is 1. The minimum absolute atomic E-state index is 0.262. The maximum atomic E-state index is 11.7. The average molecular weight is 332 g/mol. The minimum Gasteiger partial charge on any atom is -0.380 e. The van der Waals surface area contributed by atoms with Crippen molar-refractivity contribution in [1.29, 1.82) is 0 Å². The molecule has 0 radical (unpaired) electrons. The molecular weight excluding hydrogens is 304 g/mol. The molecule has 1 saturated heterocycles. The van der Waals surface area contributed by atoms with Crippen molar-refractivity contribution in [2.75, 3.05) is 33.4 Å². The van der Waals surface area contributed by atoms with Crippen molar-refractivity contribution in [2.24, 2.45) is 4.99 Å². The normalized spacial score (nSPS) is 15.0. The van der Waals surface area contributed by atoms with Crippen LogP contribution in [0.5, 0.6) is 0 Å². The summed E-state index contributed by atoms with van der Waals surface area (Å²) in [6.45, 7) is 6.36. The molecule has 1 aromatic rings. The minimum atomic E-state index is 0.262. The molecular formula is C18H28N4O2. The van der Waals surface area contributed by atoms with Gasteiger partial charge in [-0.25, -0.2) is 0 Å². The van der Waals surface area contributed by atoms with E-state index in [4.69, 9.17) is 4.74 Å². The largest absolute Gasteiger partial charge is 0.380 e. The second-order valence-electron chi connectivity index (χ2n) is 5.79. The maximum absolute atomic E-state index is 11.7. The Morgan fingerprint density at radius 1 is 1.33 bits per heavy atom. The molecule has 1 heterocycles. The van der Waals surface area contributed by atoms with Crippen LogP contribution in [0.3, 0.4) is 0 Å². The van der Waals surface area contributed by atoms with Crippen LogP contribution in [0.1, 0.15) is 30.9 Å². The van der Waals surface area contributed by atoms with Crippen molar-refractivity contribution >= 4 is 11.9 Å². The highest BCUT2D eigenvalue weighted by atomic mass is 16.5. The maximum Gasteiger partial charge on any atom is 0.222 e. The number of amides is 1. The molecule has 6 nitrogen and oxygen atoms in total. The van der Waals surface area contributed by atoms with Crippen LogP contribution in [0.25, 0.3) is 0 Å². The van der Waals surface area contributed by atoms with E-state index in [1.165, 1.54) is 11.1 Å². The molecule has 1 aliphatic rings. The van der Waals surface area contributed by atoms with Crippen molar-refractivity contribution in [1.82, 2.24) is 15.5 Å². The van der Waals surface area contributed by atoms with E-state index in [0.717, 1.165) is 32.1 Å². The number of nitrogens with zero attached hydrogens (tertiary/aromatic N) is 2. The lowest BCUT2D eigenvalue weighted by molar-refractivity contribution is -0.128. The average Bonchev–Trinajstić information content (AvgIpc) is 2.99. The summed E-state index contributed by atoms with van der Waals surface area (Å²) in [6, 6.07) is 8.34. The molecule has 0 unspecified atom stereocenters. The molecule has 0 aromatic heterocycles. The fourth-order valence-corrected chi connectivity index (χ4v) is 2.72. The van der Waals surface area contributed by atoms with Gasteiger partial charge < -0.3 is 20.3 Å². The Morgan fingerprint density at radius 2 is 2.17 bits per heavy atom. The van der Waals surface area contributed by atoms with Crippen LogP contribution in [0.2, 0.25) is 0 Å². The summed E-state index contributed by atoms with van der Waals surface area (Å²) >= 11 is 0. The number of hydrogen-bond acceptors (Lipinski definition) is 3. The summed E-state index contributed by atoms with van der Waals surface area (Å²) < 4.78 is 5.30. The molecule has 0 spiro atoms. The molecule has 2 N–H and O–H groups in total. The summed E-state index contributed by atoms with van der Waals surface area (Å²) in [6.07, 6.45) is 1.66. The fraction of sp³-hybridized carbons (Fsp3) is 0.556. The number of rotatable bonds is 8. The number of aliphatic imine (C=N–C) groups is 1. The van der Waals surface area contributed by atoms with Crippen molar-refractivity contribution in [3.8, 4) is 0 Å². The third-order valence-corrected chi connectivity index (χ3v) is 3.96. The predicted octanol–water partition coefficient (Wildman–Crippen LogP) is 1.51. The van der Waals surface area contributed by atoms with Gasteiger partial charge in [-0.15, -0.1) is 0 Å². The van der Waals surface area contributed by atoms with Gasteiger partial charge in [0.1, 0.15) is 0 Å². The van der Waals surface area contributed by atoms with E-state index in [2.05, 4.69) is 33.8 Å². The summed E-state index contributed by atoms with van der Waals surface area (Å²) in [5, 5.41) is 6.51. The van der Waals surface area contributed by atoms with Crippen molar-refractivity contribution in [2.45, 2.75) is 32.9 Å². The van der Waals surface area contributed by atoms with Crippen LogP contribution in [0.4, 0.5) is 0 Å². The summed E-state index contributed by atoms with van der Waals surface area (Å²) in [7, 11) is 1.76. The van der Waals surface area contributed by atoms with Gasteiger partial charge in [0.25, 0.3) is 0 Å². The Kier molecular flexibility index (Phi) is 7.55. The van der Waals surface area contributed by atoms with E-state index in [1.54, 1.807) is 7.05 Å². The lowest BCUT2D eigenvalue weighted by Crippen LogP contribution is -2.38. The first kappa shape index (κ1) is 18.3. The number of guanidine groups is 1. The van der Waals surface area contributed by atoms with Crippen molar-refractivity contribution < 1.29 is 9.53 Å². The molecule has 0 atom stereocenters.